The lowest BCUT2D eigenvalue weighted by Crippen LogP contribution is -2.06. The van der Waals surface area contributed by atoms with Crippen LogP contribution in [0.15, 0.2) is 24.3 Å². The molecule has 1 N–H and O–H groups in total. The van der Waals surface area contributed by atoms with Gasteiger partial charge in [0.1, 0.15) is 0 Å². The first-order chi connectivity index (χ1) is 8.10. The molecule has 0 unspecified atom stereocenters. The normalized spacial score (nSPS) is 11.2. The van der Waals surface area contributed by atoms with Crippen molar-refractivity contribution in [3.05, 3.63) is 35.4 Å². The number of aryl methyl sites for hydroxylation is 2. The highest BCUT2D eigenvalue weighted by Crippen LogP contribution is 2.29. The van der Waals surface area contributed by atoms with E-state index >= 15 is 0 Å². The molecule has 1 aromatic carbocycles. The number of fused-ring (bicyclic) bond motifs is 1. The Morgan fingerprint density at radius 1 is 1.41 bits per heavy atom. The van der Waals surface area contributed by atoms with Crippen molar-refractivity contribution in [3.8, 4) is 0 Å². The molecule has 0 atom stereocenters. The zero-order valence-corrected chi connectivity index (χ0v) is 10.9. The number of anilines is 1. The predicted molar refractivity (Wildman–Crippen MR) is 72.5 cm³/mol. The summed E-state index contributed by atoms with van der Waals surface area (Å²) < 4.78 is 1.11. The van der Waals surface area contributed by atoms with Crippen molar-refractivity contribution in [2.75, 3.05) is 5.32 Å². The molecule has 0 bridgehead atoms. The van der Waals surface area contributed by atoms with Crippen LogP contribution in [0.25, 0.3) is 10.2 Å². The summed E-state index contributed by atoms with van der Waals surface area (Å²) in [6.45, 7) is 5.91. The summed E-state index contributed by atoms with van der Waals surface area (Å²) in [5.41, 5.74) is 3.32. The van der Waals surface area contributed by atoms with E-state index in [4.69, 9.17) is 0 Å². The Labute approximate surface area is 104 Å². The topological polar surface area (TPSA) is 42.0 Å². The van der Waals surface area contributed by atoms with Gasteiger partial charge in [0, 0.05) is 0 Å². The molecular formula is C13H14N2OS. The fourth-order valence-corrected chi connectivity index (χ4v) is 2.77. The molecule has 2 aromatic rings. The zero-order valence-electron chi connectivity index (χ0n) is 10.1. The third-order valence-corrected chi connectivity index (χ3v) is 3.30. The number of rotatable bonds is 2. The Hall–Kier alpha value is -1.68. The van der Waals surface area contributed by atoms with Gasteiger partial charge in [-0.15, -0.1) is 0 Å². The van der Waals surface area contributed by atoms with Crippen molar-refractivity contribution in [1.82, 2.24) is 4.98 Å². The number of nitrogens with one attached hydrogen (secondary N) is 1. The van der Waals surface area contributed by atoms with Gasteiger partial charge in [0.2, 0.25) is 5.91 Å². The van der Waals surface area contributed by atoms with Gasteiger partial charge in [-0.3, -0.25) is 10.1 Å². The predicted octanol–water partition coefficient (Wildman–Crippen LogP) is 3.43. The Bertz CT molecular complexity index is 599. The van der Waals surface area contributed by atoms with Gasteiger partial charge in [-0.25, -0.2) is 4.98 Å². The molecule has 1 aromatic heterocycles. The molecule has 3 nitrogen and oxygen atoms in total. The lowest BCUT2D eigenvalue weighted by molar-refractivity contribution is -0.111. The Morgan fingerprint density at radius 2 is 2.18 bits per heavy atom. The minimum atomic E-state index is -0.138. The highest BCUT2D eigenvalue weighted by atomic mass is 32.1. The van der Waals surface area contributed by atoms with E-state index < -0.39 is 0 Å². The van der Waals surface area contributed by atoms with Crippen molar-refractivity contribution >= 4 is 32.6 Å². The lowest BCUT2D eigenvalue weighted by Gasteiger charge is -1.96. The monoisotopic (exact) mass is 246 g/mol. The first kappa shape index (κ1) is 11.8. The maximum Gasteiger partial charge on any atom is 0.249 e. The van der Waals surface area contributed by atoms with E-state index in [0.29, 0.717) is 5.13 Å². The summed E-state index contributed by atoms with van der Waals surface area (Å²) in [5.74, 6) is -0.138. The molecule has 17 heavy (non-hydrogen) atoms. The minimum absolute atomic E-state index is 0.138. The molecule has 2 rings (SSSR count). The zero-order chi connectivity index (χ0) is 12.4. The molecule has 88 valence electrons. The van der Waals surface area contributed by atoms with Crippen LogP contribution in [0.4, 0.5) is 5.13 Å². The molecule has 1 amide bonds. The molecule has 4 heteroatoms. The van der Waals surface area contributed by atoms with Crippen LogP contribution < -0.4 is 5.32 Å². The molecule has 0 radical (unpaired) electrons. The van der Waals surface area contributed by atoms with Gasteiger partial charge in [0.15, 0.2) is 5.13 Å². The summed E-state index contributed by atoms with van der Waals surface area (Å²) in [4.78, 5) is 15.8. The second-order valence-corrected chi connectivity index (χ2v) is 4.97. The first-order valence-electron chi connectivity index (χ1n) is 5.41. The number of allylic oxidation sites excluding steroid dienone is 1. The van der Waals surface area contributed by atoms with Gasteiger partial charge in [0.25, 0.3) is 0 Å². The van der Waals surface area contributed by atoms with E-state index in [2.05, 4.69) is 29.4 Å². The average molecular weight is 246 g/mol. The molecule has 1 heterocycles. The lowest BCUT2D eigenvalue weighted by atomic mass is 10.1. The van der Waals surface area contributed by atoms with Crippen LogP contribution in [0, 0.1) is 13.8 Å². The number of thiazole rings is 1. The van der Waals surface area contributed by atoms with Gasteiger partial charge >= 0.3 is 0 Å². The van der Waals surface area contributed by atoms with Gasteiger partial charge < -0.3 is 0 Å². The highest BCUT2D eigenvalue weighted by molar-refractivity contribution is 7.22. The summed E-state index contributed by atoms with van der Waals surface area (Å²) in [7, 11) is 0. The fraction of sp³-hybridized carbons (Fsp3) is 0.231. The Kier molecular flexibility index (Phi) is 3.24. The molecular weight excluding hydrogens is 232 g/mol. The summed E-state index contributed by atoms with van der Waals surface area (Å²) in [5, 5.41) is 3.41. The van der Waals surface area contributed by atoms with E-state index in [1.165, 1.54) is 23.0 Å². The molecule has 0 aliphatic heterocycles. The Morgan fingerprint density at radius 3 is 2.88 bits per heavy atom. The quantitative estimate of drug-likeness (QED) is 0.825. The van der Waals surface area contributed by atoms with Crippen LogP contribution >= 0.6 is 11.3 Å². The van der Waals surface area contributed by atoms with Crippen LogP contribution in [-0.4, -0.2) is 10.9 Å². The Balaban J connectivity index is 2.38. The number of amides is 1. The van der Waals surface area contributed by atoms with Crippen molar-refractivity contribution in [3.63, 3.8) is 0 Å². The number of benzene rings is 1. The number of aromatic nitrogens is 1. The fourth-order valence-electron chi connectivity index (χ4n) is 1.72. The smallest absolute Gasteiger partial charge is 0.249 e. The number of nitrogens with zero attached hydrogens (tertiary/aromatic N) is 1. The minimum Gasteiger partial charge on any atom is -0.298 e. The number of carbonyl (C=O) groups excluding carboxylic acids is 1. The maximum absolute atomic E-state index is 11.4. The van der Waals surface area contributed by atoms with Gasteiger partial charge in [-0.1, -0.05) is 23.5 Å². The van der Waals surface area contributed by atoms with E-state index in [1.807, 2.05) is 13.8 Å². The van der Waals surface area contributed by atoms with Crippen molar-refractivity contribution in [1.29, 1.82) is 0 Å². The highest BCUT2D eigenvalue weighted by Gasteiger charge is 2.08. The summed E-state index contributed by atoms with van der Waals surface area (Å²) in [6, 6.07) is 4.19. The van der Waals surface area contributed by atoms with Crippen molar-refractivity contribution in [2.45, 2.75) is 20.8 Å². The van der Waals surface area contributed by atoms with Crippen LogP contribution in [0.2, 0.25) is 0 Å². The van der Waals surface area contributed by atoms with Crippen LogP contribution in [0.3, 0.4) is 0 Å². The van der Waals surface area contributed by atoms with Crippen LogP contribution in [-0.2, 0) is 4.79 Å². The summed E-state index contributed by atoms with van der Waals surface area (Å²) in [6.07, 6.45) is 3.20. The van der Waals surface area contributed by atoms with Gasteiger partial charge in [-0.05, 0) is 44.0 Å². The molecule has 0 spiro atoms. The summed E-state index contributed by atoms with van der Waals surface area (Å²) >= 11 is 1.50. The van der Waals surface area contributed by atoms with Crippen LogP contribution in [0.5, 0.6) is 0 Å². The standard InChI is InChI=1S/C13H14N2OS/c1-4-5-11(16)14-13-15-12-9(3)6-8(2)7-10(12)17-13/h4-7H,1-3H3,(H,14,15,16). The molecule has 0 aliphatic rings. The van der Waals surface area contributed by atoms with Gasteiger partial charge in [0.05, 0.1) is 10.2 Å². The molecule has 0 saturated heterocycles. The number of carbonyl (C=O) groups is 1. The SMILES string of the molecule is CC=CC(=O)Nc1nc2c(C)cc(C)cc2s1. The molecule has 0 fully saturated rings. The first-order valence-corrected chi connectivity index (χ1v) is 6.23. The second-order valence-electron chi connectivity index (χ2n) is 3.94. The maximum atomic E-state index is 11.4. The molecule has 0 saturated carbocycles. The van der Waals surface area contributed by atoms with E-state index in [0.717, 1.165) is 15.8 Å². The van der Waals surface area contributed by atoms with Crippen molar-refractivity contribution < 1.29 is 4.79 Å². The molecule has 0 aliphatic carbocycles. The van der Waals surface area contributed by atoms with E-state index in [-0.39, 0.29) is 5.91 Å². The third-order valence-electron chi connectivity index (χ3n) is 2.38. The number of hydrogen-bond donors (Lipinski definition) is 1. The number of hydrogen-bond acceptors (Lipinski definition) is 3. The van der Waals surface area contributed by atoms with E-state index in [9.17, 15) is 4.79 Å². The largest absolute Gasteiger partial charge is 0.298 e. The van der Waals surface area contributed by atoms with Crippen molar-refractivity contribution in [2.24, 2.45) is 0 Å². The van der Waals surface area contributed by atoms with Gasteiger partial charge in [-0.2, -0.15) is 0 Å². The second kappa shape index (κ2) is 4.67. The average Bonchev–Trinajstić information content (AvgIpc) is 2.60. The third kappa shape index (κ3) is 2.53. The van der Waals surface area contributed by atoms with Crippen LogP contribution in [0.1, 0.15) is 18.1 Å². The van der Waals surface area contributed by atoms with E-state index in [1.54, 1.807) is 6.08 Å².